The maximum Gasteiger partial charge on any atom is 0.295 e. The fourth-order valence-corrected chi connectivity index (χ4v) is 11.1. The molecule has 1 N–H and O–H groups in total. The molecule has 0 spiro atoms. The third kappa shape index (κ3) is 7.63. The van der Waals surface area contributed by atoms with Gasteiger partial charge in [0.15, 0.2) is 0 Å². The largest absolute Gasteiger partial charge is 0.744 e. The first kappa shape index (κ1) is 33.0. The van der Waals surface area contributed by atoms with Gasteiger partial charge < -0.3 is 9.29 Å². The van der Waals surface area contributed by atoms with Crippen LogP contribution in [0, 0.1) is 0 Å². The van der Waals surface area contributed by atoms with Crippen LogP contribution in [0.5, 0.6) is 11.5 Å². The standard InChI is InChI=1S/C36H50O7S2/c37-44(38,39)35-31(25-13-5-1-6-14-25)21-29(22-32(35)26-15-7-2-8-16-26)43-30-23-33(27-17-9-3-10-18-27)36(45(40,41)42)34(24-30)28-19-11-4-12-20-28/h21-28H,1-20H2,(H,37,38,39)(H,40,41,42)/p-1. The van der Waals surface area contributed by atoms with Gasteiger partial charge in [-0.25, -0.2) is 8.42 Å². The van der Waals surface area contributed by atoms with Gasteiger partial charge in [0.05, 0.1) is 4.90 Å². The molecule has 0 amide bonds. The van der Waals surface area contributed by atoms with Crippen molar-refractivity contribution in [3.63, 3.8) is 0 Å². The summed E-state index contributed by atoms with van der Waals surface area (Å²) in [6, 6.07) is 7.18. The van der Waals surface area contributed by atoms with Crippen LogP contribution in [0.2, 0.25) is 0 Å². The van der Waals surface area contributed by atoms with Crippen molar-refractivity contribution in [1.29, 1.82) is 0 Å². The monoisotopic (exact) mass is 657 g/mol. The van der Waals surface area contributed by atoms with Crippen LogP contribution in [-0.2, 0) is 20.2 Å². The molecule has 2 aromatic carbocycles. The lowest BCUT2D eigenvalue weighted by Gasteiger charge is -2.31. The molecule has 0 bridgehead atoms. The van der Waals surface area contributed by atoms with Gasteiger partial charge in [0, 0.05) is 0 Å². The van der Waals surface area contributed by atoms with E-state index in [4.69, 9.17) is 4.74 Å². The maximum atomic E-state index is 13.0. The molecule has 0 atom stereocenters. The highest BCUT2D eigenvalue weighted by atomic mass is 32.2. The predicted octanol–water partition coefficient (Wildman–Crippen LogP) is 9.82. The van der Waals surface area contributed by atoms with Crippen LogP contribution >= 0.6 is 0 Å². The minimum absolute atomic E-state index is 0.0131. The fraction of sp³-hybridized carbons (Fsp3) is 0.667. The van der Waals surface area contributed by atoms with E-state index >= 15 is 0 Å². The molecule has 0 aromatic heterocycles. The van der Waals surface area contributed by atoms with E-state index in [1.54, 1.807) is 12.1 Å². The summed E-state index contributed by atoms with van der Waals surface area (Å²) < 4.78 is 82.1. The average Bonchev–Trinajstić information content (AvgIpc) is 3.04. The van der Waals surface area contributed by atoms with Crippen LogP contribution in [0.3, 0.4) is 0 Å². The molecule has 0 radical (unpaired) electrons. The number of rotatable bonds is 8. The second-order valence-corrected chi connectivity index (χ2v) is 16.9. The minimum Gasteiger partial charge on any atom is -0.744 e. The van der Waals surface area contributed by atoms with E-state index in [-0.39, 0.29) is 33.5 Å². The second kappa shape index (κ2) is 14.0. The van der Waals surface area contributed by atoms with Gasteiger partial charge in [-0.3, -0.25) is 4.55 Å². The van der Waals surface area contributed by atoms with Crippen molar-refractivity contribution in [2.24, 2.45) is 0 Å². The highest BCUT2D eigenvalue weighted by Crippen LogP contribution is 2.47. The summed E-state index contributed by atoms with van der Waals surface area (Å²) in [4.78, 5) is 0.0494. The minimum atomic E-state index is -4.72. The Kier molecular flexibility index (Phi) is 10.3. The van der Waals surface area contributed by atoms with Crippen LogP contribution in [0.1, 0.15) is 174 Å². The van der Waals surface area contributed by atoms with Gasteiger partial charge in [-0.2, -0.15) is 8.42 Å². The van der Waals surface area contributed by atoms with Crippen molar-refractivity contribution in [3.8, 4) is 11.5 Å². The lowest BCUT2D eigenvalue weighted by molar-refractivity contribution is 0.407. The van der Waals surface area contributed by atoms with Gasteiger partial charge >= 0.3 is 0 Å². The third-order valence-corrected chi connectivity index (χ3v) is 13.1. The first-order valence-corrected chi connectivity index (χ1v) is 20.4. The number of benzene rings is 2. The molecule has 9 heteroatoms. The number of ether oxygens (including phenoxy) is 1. The SMILES string of the molecule is O=S(=O)([O-])c1c(C2CCCCC2)cc(Oc2cc(C3CCCCC3)c(S(=O)(=O)O)c(C3CCCCC3)c2)cc1C1CCCCC1. The lowest BCUT2D eigenvalue weighted by Crippen LogP contribution is -2.17. The second-order valence-electron chi connectivity index (χ2n) is 14.2. The maximum absolute atomic E-state index is 13.0. The van der Waals surface area contributed by atoms with E-state index in [0.29, 0.717) is 33.8 Å². The zero-order valence-corrected chi connectivity index (χ0v) is 28.1. The van der Waals surface area contributed by atoms with Crippen LogP contribution in [-0.4, -0.2) is 25.9 Å². The van der Waals surface area contributed by atoms with Crippen LogP contribution in [0.15, 0.2) is 34.1 Å². The molecular weight excluding hydrogens is 609 g/mol. The molecule has 0 heterocycles. The topological polar surface area (TPSA) is 121 Å². The van der Waals surface area contributed by atoms with Crippen molar-refractivity contribution >= 4 is 20.2 Å². The number of hydrogen-bond donors (Lipinski definition) is 1. The van der Waals surface area contributed by atoms with E-state index in [0.717, 1.165) is 128 Å². The molecule has 248 valence electrons. The highest BCUT2D eigenvalue weighted by molar-refractivity contribution is 7.86. The van der Waals surface area contributed by atoms with Crippen molar-refractivity contribution < 1.29 is 30.7 Å². The Balaban J connectivity index is 1.50. The van der Waals surface area contributed by atoms with E-state index in [9.17, 15) is 25.9 Å². The normalized spacial score (nSPS) is 22.0. The smallest absolute Gasteiger partial charge is 0.295 e. The molecule has 4 saturated carbocycles. The van der Waals surface area contributed by atoms with E-state index in [1.807, 2.05) is 12.1 Å². The Hall–Kier alpha value is -1.94. The molecule has 4 fully saturated rings. The summed E-state index contributed by atoms with van der Waals surface area (Å²) in [5.74, 6) is 1.04. The molecule has 0 aliphatic heterocycles. The Morgan fingerprint density at radius 1 is 0.489 bits per heavy atom. The summed E-state index contributed by atoms with van der Waals surface area (Å²) in [5, 5.41) is 0. The van der Waals surface area contributed by atoms with Gasteiger partial charge in [-0.05, 0) is 122 Å². The Morgan fingerprint density at radius 2 is 0.756 bits per heavy atom. The van der Waals surface area contributed by atoms with Gasteiger partial charge in [-0.15, -0.1) is 0 Å². The Bertz CT molecular complexity index is 1360. The van der Waals surface area contributed by atoms with Gasteiger partial charge in [0.2, 0.25) is 0 Å². The zero-order chi connectivity index (χ0) is 31.6. The summed E-state index contributed by atoms with van der Waals surface area (Å²) in [6.07, 6.45) is 19.3. The van der Waals surface area contributed by atoms with Gasteiger partial charge in [0.25, 0.3) is 10.1 Å². The number of hydrogen-bond acceptors (Lipinski definition) is 6. The lowest BCUT2D eigenvalue weighted by atomic mass is 9.79. The van der Waals surface area contributed by atoms with E-state index in [2.05, 4.69) is 0 Å². The first-order chi connectivity index (χ1) is 21.6. The zero-order valence-electron chi connectivity index (χ0n) is 26.5. The van der Waals surface area contributed by atoms with Crippen LogP contribution in [0.25, 0.3) is 0 Å². The van der Waals surface area contributed by atoms with E-state index < -0.39 is 20.2 Å². The van der Waals surface area contributed by atoms with Crippen LogP contribution in [0.4, 0.5) is 0 Å². The first-order valence-electron chi connectivity index (χ1n) is 17.6. The third-order valence-electron chi connectivity index (χ3n) is 11.2. The summed E-state index contributed by atoms with van der Waals surface area (Å²) in [6.45, 7) is 0. The molecule has 0 saturated heterocycles. The van der Waals surface area contributed by atoms with Crippen LogP contribution < -0.4 is 4.74 Å². The Labute approximate surface area is 270 Å². The molecule has 7 nitrogen and oxygen atoms in total. The molecule has 4 aliphatic carbocycles. The molecular formula is C36H49O7S2-. The Morgan fingerprint density at radius 3 is 1.00 bits per heavy atom. The highest BCUT2D eigenvalue weighted by Gasteiger charge is 2.33. The van der Waals surface area contributed by atoms with Crippen molar-refractivity contribution in [2.45, 2.75) is 162 Å². The van der Waals surface area contributed by atoms with Gasteiger partial charge in [0.1, 0.15) is 26.5 Å². The summed E-state index contributed by atoms with van der Waals surface area (Å²) >= 11 is 0. The van der Waals surface area contributed by atoms with Crippen molar-refractivity contribution in [1.82, 2.24) is 0 Å². The summed E-state index contributed by atoms with van der Waals surface area (Å²) in [7, 11) is -9.19. The van der Waals surface area contributed by atoms with E-state index in [1.165, 1.54) is 0 Å². The molecule has 0 unspecified atom stereocenters. The molecule has 45 heavy (non-hydrogen) atoms. The molecule has 6 rings (SSSR count). The van der Waals surface area contributed by atoms with Gasteiger partial charge in [-0.1, -0.05) is 77.0 Å². The fourth-order valence-electron chi connectivity index (χ4n) is 9.00. The quantitative estimate of drug-likeness (QED) is 0.281. The van der Waals surface area contributed by atoms with Crippen molar-refractivity contribution in [2.75, 3.05) is 0 Å². The summed E-state index contributed by atoms with van der Waals surface area (Å²) in [5.41, 5.74) is 2.48. The molecule has 2 aromatic rings. The average molecular weight is 658 g/mol. The molecule has 4 aliphatic rings. The van der Waals surface area contributed by atoms with Crippen molar-refractivity contribution in [3.05, 3.63) is 46.5 Å². The predicted molar refractivity (Wildman–Crippen MR) is 174 cm³/mol.